The van der Waals surface area contributed by atoms with E-state index in [2.05, 4.69) is 21.0 Å². The van der Waals surface area contributed by atoms with E-state index < -0.39 is 0 Å². The van der Waals surface area contributed by atoms with Gasteiger partial charge >= 0.3 is 0 Å². The van der Waals surface area contributed by atoms with Crippen LogP contribution < -0.4 is 0 Å². The minimum Gasteiger partial charge on any atom is -0.345 e. The first-order chi connectivity index (χ1) is 8.93. The second-order valence-corrected chi connectivity index (χ2v) is 4.63. The quantitative estimate of drug-likeness (QED) is 0.517. The lowest BCUT2D eigenvalue weighted by Crippen LogP contribution is -1.63. The van der Waals surface area contributed by atoms with Crippen molar-refractivity contribution in [3.63, 3.8) is 0 Å². The highest BCUT2D eigenvalue weighted by Crippen LogP contribution is 2.15. The Morgan fingerprint density at radius 3 is 2.44 bits per heavy atom. The molecule has 0 aliphatic carbocycles. The number of nitrogens with zero attached hydrogens (tertiary/aromatic N) is 2. The maximum atomic E-state index is 4.14. The van der Waals surface area contributed by atoms with E-state index in [1.54, 1.807) is 17.7 Å². The van der Waals surface area contributed by atoms with E-state index in [1.807, 2.05) is 48.0 Å². The number of imidazole rings is 1. The predicted molar refractivity (Wildman–Crippen MR) is 75.7 cm³/mol. The number of benzene rings is 2. The van der Waals surface area contributed by atoms with Crippen molar-refractivity contribution in [2.75, 3.05) is 0 Å². The van der Waals surface area contributed by atoms with Crippen LogP contribution in [0.2, 0.25) is 0 Å². The SMILES string of the molecule is c1ccc2[nH]cnc2c1.c1ccc2scnc2c1. The Morgan fingerprint density at radius 2 is 1.61 bits per heavy atom. The van der Waals surface area contributed by atoms with Crippen molar-refractivity contribution in [3.05, 3.63) is 60.4 Å². The van der Waals surface area contributed by atoms with Crippen LogP contribution in [0, 0.1) is 0 Å². The van der Waals surface area contributed by atoms with Crippen molar-refractivity contribution in [2.24, 2.45) is 0 Å². The molecule has 0 atom stereocenters. The summed E-state index contributed by atoms with van der Waals surface area (Å²) >= 11 is 1.68. The van der Waals surface area contributed by atoms with E-state index in [1.165, 1.54) is 4.70 Å². The molecule has 0 amide bonds. The smallest absolute Gasteiger partial charge is 0.0931 e. The third kappa shape index (κ3) is 2.24. The summed E-state index contributed by atoms with van der Waals surface area (Å²) in [7, 11) is 0. The number of nitrogens with one attached hydrogen (secondary N) is 1. The molecule has 1 N–H and O–H groups in total. The molecule has 4 heteroatoms. The van der Waals surface area contributed by atoms with Gasteiger partial charge in [0.05, 0.1) is 33.1 Å². The number of aromatic amines is 1. The minimum atomic E-state index is 1.03. The standard InChI is InChI=1S/C7H6N2.C7H5NS/c2*1-2-4-7-6(3-1)8-5-9-7/h1-5H,(H,8,9);1-5H. The van der Waals surface area contributed by atoms with E-state index >= 15 is 0 Å². The molecule has 0 radical (unpaired) electrons. The van der Waals surface area contributed by atoms with E-state index in [0.29, 0.717) is 0 Å². The van der Waals surface area contributed by atoms with E-state index in [9.17, 15) is 0 Å². The van der Waals surface area contributed by atoms with Crippen LogP contribution in [-0.4, -0.2) is 15.0 Å². The first-order valence-electron chi connectivity index (χ1n) is 5.60. The van der Waals surface area contributed by atoms with Crippen molar-refractivity contribution in [1.29, 1.82) is 0 Å². The van der Waals surface area contributed by atoms with Crippen LogP contribution in [0.15, 0.2) is 60.4 Å². The zero-order valence-electron chi connectivity index (χ0n) is 9.58. The molecule has 0 fully saturated rings. The Hall–Kier alpha value is -2.20. The molecule has 0 saturated heterocycles. The fraction of sp³-hybridized carbons (Fsp3) is 0. The largest absolute Gasteiger partial charge is 0.345 e. The number of H-pyrrole nitrogens is 1. The fourth-order valence-electron chi connectivity index (χ4n) is 1.68. The Bertz CT molecular complexity index is 631. The van der Waals surface area contributed by atoms with E-state index in [0.717, 1.165) is 16.6 Å². The molecule has 0 spiro atoms. The molecule has 2 heterocycles. The molecule has 4 aromatic rings. The van der Waals surface area contributed by atoms with Crippen molar-refractivity contribution < 1.29 is 0 Å². The van der Waals surface area contributed by atoms with Gasteiger partial charge in [-0.25, -0.2) is 9.97 Å². The lowest BCUT2D eigenvalue weighted by Gasteiger charge is -1.81. The molecule has 0 aliphatic heterocycles. The third-order valence-corrected chi connectivity index (χ3v) is 3.37. The summed E-state index contributed by atoms with van der Waals surface area (Å²) in [6.07, 6.45) is 1.70. The Labute approximate surface area is 108 Å². The van der Waals surface area contributed by atoms with Crippen LogP contribution in [0.25, 0.3) is 21.3 Å². The van der Waals surface area contributed by atoms with Gasteiger partial charge in [0.25, 0.3) is 0 Å². The van der Waals surface area contributed by atoms with Gasteiger partial charge in [0.15, 0.2) is 0 Å². The minimum absolute atomic E-state index is 1.03. The summed E-state index contributed by atoms with van der Waals surface area (Å²) in [4.78, 5) is 11.2. The second-order valence-electron chi connectivity index (χ2n) is 3.74. The lowest BCUT2D eigenvalue weighted by molar-refractivity contribution is 1.34. The summed E-state index contributed by atoms with van der Waals surface area (Å²) < 4.78 is 1.26. The molecule has 0 saturated carbocycles. The molecule has 0 aliphatic rings. The molecule has 3 nitrogen and oxygen atoms in total. The van der Waals surface area contributed by atoms with E-state index in [-0.39, 0.29) is 0 Å². The van der Waals surface area contributed by atoms with Gasteiger partial charge in [-0.15, -0.1) is 11.3 Å². The molecule has 0 unspecified atom stereocenters. The maximum Gasteiger partial charge on any atom is 0.0931 e. The highest BCUT2D eigenvalue weighted by molar-refractivity contribution is 7.16. The molecular formula is C14H11N3S. The number of aromatic nitrogens is 3. The second kappa shape index (κ2) is 4.98. The average Bonchev–Trinajstić information content (AvgIpc) is 3.08. The number of thiazole rings is 1. The van der Waals surface area contributed by atoms with Crippen LogP contribution >= 0.6 is 11.3 Å². The molecule has 88 valence electrons. The highest BCUT2D eigenvalue weighted by atomic mass is 32.1. The van der Waals surface area contributed by atoms with Crippen molar-refractivity contribution in [1.82, 2.24) is 15.0 Å². The normalized spacial score (nSPS) is 10.2. The van der Waals surface area contributed by atoms with Crippen molar-refractivity contribution in [2.45, 2.75) is 0 Å². The number of hydrogen-bond acceptors (Lipinski definition) is 3. The summed E-state index contributed by atoms with van der Waals surface area (Å²) in [6, 6.07) is 16.1. The predicted octanol–water partition coefficient (Wildman–Crippen LogP) is 3.86. The van der Waals surface area contributed by atoms with Crippen LogP contribution in [0.3, 0.4) is 0 Å². The van der Waals surface area contributed by atoms with Crippen LogP contribution in [-0.2, 0) is 0 Å². The maximum absolute atomic E-state index is 4.14. The third-order valence-electron chi connectivity index (χ3n) is 2.56. The van der Waals surface area contributed by atoms with Gasteiger partial charge in [-0.2, -0.15) is 0 Å². The molecule has 18 heavy (non-hydrogen) atoms. The van der Waals surface area contributed by atoms with Gasteiger partial charge < -0.3 is 4.98 Å². The molecule has 2 aromatic carbocycles. The summed E-state index contributed by atoms with van der Waals surface area (Å²) in [5, 5.41) is 0. The molecule has 2 aromatic heterocycles. The zero-order valence-corrected chi connectivity index (χ0v) is 10.4. The van der Waals surface area contributed by atoms with Gasteiger partial charge in [-0.1, -0.05) is 24.3 Å². The number of hydrogen-bond donors (Lipinski definition) is 1. The molecule has 4 rings (SSSR count). The van der Waals surface area contributed by atoms with Crippen LogP contribution in [0.1, 0.15) is 0 Å². The zero-order chi connectivity index (χ0) is 12.2. The number of fused-ring (bicyclic) bond motifs is 2. The number of para-hydroxylation sites is 3. The van der Waals surface area contributed by atoms with Crippen LogP contribution in [0.5, 0.6) is 0 Å². The summed E-state index contributed by atoms with van der Waals surface area (Å²) in [6.45, 7) is 0. The van der Waals surface area contributed by atoms with Gasteiger partial charge in [0.2, 0.25) is 0 Å². The van der Waals surface area contributed by atoms with Gasteiger partial charge in [-0.05, 0) is 24.3 Å². The Balaban J connectivity index is 0.000000111. The lowest BCUT2D eigenvalue weighted by atomic mass is 10.3. The topological polar surface area (TPSA) is 41.6 Å². The first-order valence-corrected chi connectivity index (χ1v) is 6.48. The Kier molecular flexibility index (Phi) is 3.02. The van der Waals surface area contributed by atoms with Gasteiger partial charge in [0, 0.05) is 0 Å². The van der Waals surface area contributed by atoms with Crippen molar-refractivity contribution in [3.8, 4) is 0 Å². The monoisotopic (exact) mass is 253 g/mol. The van der Waals surface area contributed by atoms with E-state index in [4.69, 9.17) is 0 Å². The summed E-state index contributed by atoms with van der Waals surface area (Å²) in [5.74, 6) is 0. The number of rotatable bonds is 0. The van der Waals surface area contributed by atoms with Crippen molar-refractivity contribution >= 4 is 32.6 Å². The molecule has 0 bridgehead atoms. The van der Waals surface area contributed by atoms with Gasteiger partial charge in [0.1, 0.15) is 0 Å². The first kappa shape index (κ1) is 10.9. The fourth-order valence-corrected chi connectivity index (χ4v) is 2.36. The van der Waals surface area contributed by atoms with Crippen LogP contribution in [0.4, 0.5) is 0 Å². The average molecular weight is 253 g/mol. The summed E-state index contributed by atoms with van der Waals surface area (Å²) in [5.41, 5.74) is 5.09. The highest BCUT2D eigenvalue weighted by Gasteiger charge is 1.89. The Morgan fingerprint density at radius 1 is 0.833 bits per heavy atom. The van der Waals surface area contributed by atoms with Gasteiger partial charge in [-0.3, -0.25) is 0 Å². The molecular weight excluding hydrogens is 242 g/mol.